The van der Waals surface area contributed by atoms with E-state index in [1.54, 1.807) is 0 Å². The van der Waals surface area contributed by atoms with Crippen molar-refractivity contribution in [2.45, 2.75) is 39.2 Å². The average molecular weight is 377 g/mol. The van der Waals surface area contributed by atoms with Crippen LogP contribution in [-0.4, -0.2) is 33.2 Å². The average Bonchev–Trinajstić information content (AvgIpc) is 3.38. The standard InChI is InChI=1S/C20H22F3N3O/c1-11-6-5-7-12(2)15(11)13(3)10-26(14-8-9-14)20(27)16-17(18(21)22)24-25(4)19(16)23/h5-7,14,18H,3,8-10H2,1-2,4H3. The Bertz CT molecular complexity index is 880. The maximum atomic E-state index is 14.4. The first kappa shape index (κ1) is 19.2. The van der Waals surface area contributed by atoms with E-state index in [1.165, 1.54) is 11.9 Å². The van der Waals surface area contributed by atoms with Crippen LogP contribution in [0.1, 0.15) is 52.0 Å². The van der Waals surface area contributed by atoms with Gasteiger partial charge in [0, 0.05) is 19.6 Å². The fourth-order valence-electron chi connectivity index (χ4n) is 3.43. The van der Waals surface area contributed by atoms with Crippen molar-refractivity contribution in [1.29, 1.82) is 0 Å². The summed E-state index contributed by atoms with van der Waals surface area (Å²) >= 11 is 0. The lowest BCUT2D eigenvalue weighted by molar-refractivity contribution is 0.0747. The van der Waals surface area contributed by atoms with Gasteiger partial charge in [-0.05, 0) is 49.0 Å². The molecule has 1 aliphatic carbocycles. The second kappa shape index (κ2) is 7.21. The van der Waals surface area contributed by atoms with Crippen LogP contribution in [0.2, 0.25) is 0 Å². The Morgan fingerprint density at radius 2 is 1.89 bits per heavy atom. The third-order valence-electron chi connectivity index (χ3n) is 4.87. The summed E-state index contributed by atoms with van der Waals surface area (Å²) in [5.41, 5.74) is 2.22. The van der Waals surface area contributed by atoms with Crippen molar-refractivity contribution in [2.24, 2.45) is 7.05 Å². The molecule has 0 spiro atoms. The summed E-state index contributed by atoms with van der Waals surface area (Å²) in [5, 5.41) is 3.48. The zero-order valence-corrected chi connectivity index (χ0v) is 15.6. The summed E-state index contributed by atoms with van der Waals surface area (Å²) in [5.74, 6) is -1.80. The smallest absolute Gasteiger partial charge is 0.283 e. The summed E-state index contributed by atoms with van der Waals surface area (Å²) in [6, 6.07) is 5.74. The van der Waals surface area contributed by atoms with Gasteiger partial charge in [0.2, 0.25) is 5.95 Å². The fourth-order valence-corrected chi connectivity index (χ4v) is 3.43. The zero-order valence-electron chi connectivity index (χ0n) is 15.6. The van der Waals surface area contributed by atoms with Gasteiger partial charge in [-0.3, -0.25) is 4.79 Å². The summed E-state index contributed by atoms with van der Waals surface area (Å²) in [7, 11) is 1.20. The lowest BCUT2D eigenvalue weighted by atomic mass is 9.96. The molecule has 0 saturated heterocycles. The number of carbonyl (C=O) groups is 1. The van der Waals surface area contributed by atoms with E-state index in [-0.39, 0.29) is 12.6 Å². The molecule has 2 aromatic rings. The van der Waals surface area contributed by atoms with E-state index in [4.69, 9.17) is 0 Å². The van der Waals surface area contributed by atoms with Gasteiger partial charge in [0.25, 0.3) is 12.3 Å². The van der Waals surface area contributed by atoms with Crippen LogP contribution in [0.4, 0.5) is 13.2 Å². The Kier molecular flexibility index (Phi) is 5.13. The van der Waals surface area contributed by atoms with Crippen LogP contribution < -0.4 is 0 Å². The Morgan fingerprint density at radius 3 is 2.41 bits per heavy atom. The number of aryl methyl sites for hydroxylation is 3. The van der Waals surface area contributed by atoms with Crippen molar-refractivity contribution in [3.8, 4) is 0 Å². The number of hydrogen-bond acceptors (Lipinski definition) is 2. The Hall–Kier alpha value is -2.57. The minimum Gasteiger partial charge on any atom is -0.331 e. The van der Waals surface area contributed by atoms with E-state index in [1.807, 2.05) is 32.0 Å². The molecule has 4 nitrogen and oxygen atoms in total. The molecule has 7 heteroatoms. The molecule has 1 aliphatic rings. The molecule has 0 unspecified atom stereocenters. The SMILES string of the molecule is C=C(CN(C(=O)c1c(C(F)F)nn(C)c1F)C1CC1)c1c(C)cccc1C. The molecule has 144 valence electrons. The van der Waals surface area contributed by atoms with Crippen LogP contribution in [0.5, 0.6) is 0 Å². The molecule has 0 N–H and O–H groups in total. The van der Waals surface area contributed by atoms with Gasteiger partial charge in [-0.25, -0.2) is 13.5 Å². The molecule has 0 bridgehead atoms. The van der Waals surface area contributed by atoms with E-state index in [0.717, 1.165) is 29.5 Å². The highest BCUT2D eigenvalue weighted by molar-refractivity contribution is 5.97. The quantitative estimate of drug-likeness (QED) is 0.747. The number of alkyl halides is 2. The normalized spacial score (nSPS) is 13.9. The van der Waals surface area contributed by atoms with Crippen LogP contribution >= 0.6 is 0 Å². The van der Waals surface area contributed by atoms with Crippen molar-refractivity contribution in [3.05, 3.63) is 58.7 Å². The van der Waals surface area contributed by atoms with E-state index in [9.17, 15) is 18.0 Å². The van der Waals surface area contributed by atoms with E-state index in [2.05, 4.69) is 11.7 Å². The van der Waals surface area contributed by atoms with Crippen LogP contribution in [0.15, 0.2) is 24.8 Å². The van der Waals surface area contributed by atoms with E-state index < -0.39 is 29.5 Å². The predicted octanol–water partition coefficient (Wildman–Crippen LogP) is 4.43. The Balaban J connectivity index is 1.94. The van der Waals surface area contributed by atoms with Gasteiger partial charge in [0.1, 0.15) is 11.3 Å². The number of carbonyl (C=O) groups excluding carboxylic acids is 1. The van der Waals surface area contributed by atoms with Crippen LogP contribution in [-0.2, 0) is 7.05 Å². The highest BCUT2D eigenvalue weighted by atomic mass is 19.3. The highest BCUT2D eigenvalue weighted by Gasteiger charge is 2.38. The van der Waals surface area contributed by atoms with Gasteiger partial charge in [0.15, 0.2) is 0 Å². The minimum atomic E-state index is -3.03. The van der Waals surface area contributed by atoms with Crippen molar-refractivity contribution in [1.82, 2.24) is 14.7 Å². The Labute approximate surface area is 156 Å². The number of benzene rings is 1. The molecule has 1 saturated carbocycles. The molecule has 0 atom stereocenters. The molecule has 0 radical (unpaired) electrons. The summed E-state index contributed by atoms with van der Waals surface area (Å²) in [6.45, 7) is 8.16. The minimum absolute atomic E-state index is 0.0938. The molecule has 1 fully saturated rings. The summed E-state index contributed by atoms with van der Waals surface area (Å²) in [6.07, 6.45) is -1.50. The highest BCUT2D eigenvalue weighted by Crippen LogP contribution is 2.33. The third kappa shape index (κ3) is 3.63. The molecule has 27 heavy (non-hydrogen) atoms. The number of halogens is 3. The van der Waals surface area contributed by atoms with Crippen molar-refractivity contribution >= 4 is 11.5 Å². The van der Waals surface area contributed by atoms with Gasteiger partial charge in [-0.1, -0.05) is 24.8 Å². The number of amides is 1. The molecule has 1 aromatic carbocycles. The largest absolute Gasteiger partial charge is 0.331 e. The number of hydrogen-bond donors (Lipinski definition) is 0. The molecule has 3 rings (SSSR count). The third-order valence-corrected chi connectivity index (χ3v) is 4.87. The summed E-state index contributed by atoms with van der Waals surface area (Å²) in [4.78, 5) is 14.4. The molecule has 1 heterocycles. The first-order valence-electron chi connectivity index (χ1n) is 8.78. The number of rotatable bonds is 6. The molecule has 1 aromatic heterocycles. The fraction of sp³-hybridized carbons (Fsp3) is 0.400. The van der Waals surface area contributed by atoms with Gasteiger partial charge < -0.3 is 4.90 Å². The van der Waals surface area contributed by atoms with Crippen molar-refractivity contribution < 1.29 is 18.0 Å². The zero-order chi connectivity index (χ0) is 19.9. The Morgan fingerprint density at radius 1 is 1.30 bits per heavy atom. The monoisotopic (exact) mass is 377 g/mol. The number of nitrogens with zero attached hydrogens (tertiary/aromatic N) is 3. The maximum absolute atomic E-state index is 14.4. The first-order chi connectivity index (χ1) is 12.7. The molecule has 0 aliphatic heterocycles. The summed E-state index contributed by atoms with van der Waals surface area (Å²) < 4.78 is 41.6. The number of aromatic nitrogens is 2. The van der Waals surface area contributed by atoms with Crippen LogP contribution in [0.25, 0.3) is 5.57 Å². The molecular weight excluding hydrogens is 355 g/mol. The van der Waals surface area contributed by atoms with Gasteiger partial charge >= 0.3 is 0 Å². The predicted molar refractivity (Wildman–Crippen MR) is 97.1 cm³/mol. The van der Waals surface area contributed by atoms with E-state index >= 15 is 0 Å². The molecule has 1 amide bonds. The lowest BCUT2D eigenvalue weighted by Gasteiger charge is -2.25. The maximum Gasteiger partial charge on any atom is 0.283 e. The van der Waals surface area contributed by atoms with Gasteiger partial charge in [0.05, 0.1) is 0 Å². The van der Waals surface area contributed by atoms with Crippen molar-refractivity contribution in [2.75, 3.05) is 6.54 Å². The molecular formula is C20H22F3N3O. The van der Waals surface area contributed by atoms with Gasteiger partial charge in [-0.15, -0.1) is 0 Å². The van der Waals surface area contributed by atoms with Crippen LogP contribution in [0.3, 0.4) is 0 Å². The van der Waals surface area contributed by atoms with Crippen molar-refractivity contribution in [3.63, 3.8) is 0 Å². The van der Waals surface area contributed by atoms with Gasteiger partial charge in [-0.2, -0.15) is 9.49 Å². The van der Waals surface area contributed by atoms with Crippen LogP contribution in [0, 0.1) is 19.8 Å². The second-order valence-corrected chi connectivity index (χ2v) is 7.01. The van der Waals surface area contributed by atoms with E-state index in [0.29, 0.717) is 10.3 Å². The topological polar surface area (TPSA) is 38.1 Å². The second-order valence-electron chi connectivity index (χ2n) is 7.01. The first-order valence-corrected chi connectivity index (χ1v) is 8.78. The lowest BCUT2D eigenvalue weighted by Crippen LogP contribution is -2.35.